The van der Waals surface area contributed by atoms with Gasteiger partial charge in [-0.1, -0.05) is 25.3 Å². The molecule has 0 spiro atoms. The molecule has 1 aliphatic carbocycles. The first-order valence-electron chi connectivity index (χ1n) is 7.93. The number of carbonyl (C=O) groups is 2. The predicted molar refractivity (Wildman–Crippen MR) is 88.0 cm³/mol. The Labute approximate surface area is 132 Å². The summed E-state index contributed by atoms with van der Waals surface area (Å²) in [6.07, 6.45) is 5.92. The van der Waals surface area contributed by atoms with Crippen LogP contribution in [-0.2, 0) is 4.79 Å². The SMILES string of the molecule is CNC(=O)c1cccc(NCC(=O)N(C)C2CCCCC2)c1. The number of amides is 2. The van der Waals surface area contributed by atoms with E-state index in [2.05, 4.69) is 10.6 Å². The molecule has 0 heterocycles. The largest absolute Gasteiger partial charge is 0.376 e. The molecule has 22 heavy (non-hydrogen) atoms. The number of benzene rings is 1. The van der Waals surface area contributed by atoms with Crippen molar-refractivity contribution in [3.8, 4) is 0 Å². The normalized spacial score (nSPS) is 15.2. The van der Waals surface area contributed by atoms with Crippen LogP contribution in [0.5, 0.6) is 0 Å². The fraction of sp³-hybridized carbons (Fsp3) is 0.529. The molecule has 1 fully saturated rings. The van der Waals surface area contributed by atoms with Crippen LogP contribution < -0.4 is 10.6 Å². The van der Waals surface area contributed by atoms with Gasteiger partial charge in [0.1, 0.15) is 0 Å². The molecule has 1 aliphatic rings. The number of nitrogens with one attached hydrogen (secondary N) is 2. The monoisotopic (exact) mass is 303 g/mol. The number of hydrogen-bond donors (Lipinski definition) is 2. The lowest BCUT2D eigenvalue weighted by molar-refractivity contribution is -0.130. The van der Waals surface area contributed by atoms with Crippen LogP contribution >= 0.6 is 0 Å². The third-order valence-corrected chi connectivity index (χ3v) is 4.31. The van der Waals surface area contributed by atoms with Crippen LogP contribution in [-0.4, -0.2) is 43.4 Å². The van der Waals surface area contributed by atoms with Crippen LogP contribution in [0.25, 0.3) is 0 Å². The summed E-state index contributed by atoms with van der Waals surface area (Å²) in [6, 6.07) is 7.55. The minimum absolute atomic E-state index is 0.0947. The van der Waals surface area contributed by atoms with Gasteiger partial charge in [-0.2, -0.15) is 0 Å². The maximum Gasteiger partial charge on any atom is 0.251 e. The second-order valence-electron chi connectivity index (χ2n) is 5.81. The van der Waals surface area contributed by atoms with E-state index in [1.54, 1.807) is 19.2 Å². The van der Waals surface area contributed by atoms with Crippen LogP contribution in [0.4, 0.5) is 5.69 Å². The van der Waals surface area contributed by atoms with Gasteiger partial charge in [0, 0.05) is 31.4 Å². The fourth-order valence-electron chi connectivity index (χ4n) is 2.89. The van der Waals surface area contributed by atoms with E-state index in [9.17, 15) is 9.59 Å². The zero-order chi connectivity index (χ0) is 15.9. The first-order chi connectivity index (χ1) is 10.6. The van der Waals surface area contributed by atoms with E-state index in [0.29, 0.717) is 11.6 Å². The summed E-state index contributed by atoms with van der Waals surface area (Å²) >= 11 is 0. The highest BCUT2D eigenvalue weighted by Crippen LogP contribution is 2.21. The first kappa shape index (κ1) is 16.3. The molecule has 0 bridgehead atoms. The van der Waals surface area contributed by atoms with Crippen LogP contribution in [0.15, 0.2) is 24.3 Å². The van der Waals surface area contributed by atoms with Crippen molar-refractivity contribution in [1.29, 1.82) is 0 Å². The van der Waals surface area contributed by atoms with Crippen LogP contribution in [0.1, 0.15) is 42.5 Å². The zero-order valence-electron chi connectivity index (χ0n) is 13.4. The van der Waals surface area contributed by atoms with Crippen LogP contribution in [0.2, 0.25) is 0 Å². The zero-order valence-corrected chi connectivity index (χ0v) is 13.4. The predicted octanol–water partition coefficient (Wildman–Crippen LogP) is 2.25. The van der Waals surface area contributed by atoms with Crippen molar-refractivity contribution in [2.45, 2.75) is 38.1 Å². The summed E-state index contributed by atoms with van der Waals surface area (Å²) < 4.78 is 0. The molecular weight excluding hydrogens is 278 g/mol. The lowest BCUT2D eigenvalue weighted by Crippen LogP contribution is -2.41. The Kier molecular flexibility index (Phi) is 5.81. The smallest absolute Gasteiger partial charge is 0.251 e. The molecule has 1 saturated carbocycles. The quantitative estimate of drug-likeness (QED) is 0.877. The number of rotatable bonds is 5. The van der Waals surface area contributed by atoms with E-state index >= 15 is 0 Å². The molecule has 5 nitrogen and oxygen atoms in total. The van der Waals surface area contributed by atoms with Crippen molar-refractivity contribution in [2.24, 2.45) is 0 Å². The van der Waals surface area contributed by atoms with Crippen LogP contribution in [0.3, 0.4) is 0 Å². The van der Waals surface area contributed by atoms with Crippen molar-refractivity contribution in [1.82, 2.24) is 10.2 Å². The fourth-order valence-corrected chi connectivity index (χ4v) is 2.89. The molecule has 1 aromatic rings. The molecule has 0 atom stereocenters. The third-order valence-electron chi connectivity index (χ3n) is 4.31. The second-order valence-corrected chi connectivity index (χ2v) is 5.81. The summed E-state index contributed by atoms with van der Waals surface area (Å²) in [7, 11) is 3.49. The van der Waals surface area contributed by atoms with Crippen molar-refractivity contribution in [3.05, 3.63) is 29.8 Å². The van der Waals surface area contributed by atoms with Crippen molar-refractivity contribution in [2.75, 3.05) is 26.0 Å². The van der Waals surface area contributed by atoms with Gasteiger partial charge in [0.15, 0.2) is 0 Å². The summed E-state index contributed by atoms with van der Waals surface area (Å²) in [4.78, 5) is 25.7. The lowest BCUT2D eigenvalue weighted by atomic mass is 9.94. The number of likely N-dealkylation sites (N-methyl/N-ethyl adjacent to an activating group) is 1. The molecule has 120 valence electrons. The summed E-state index contributed by atoms with van der Waals surface area (Å²) in [5.74, 6) is -0.0356. The van der Waals surface area contributed by atoms with E-state index in [-0.39, 0.29) is 18.4 Å². The lowest BCUT2D eigenvalue weighted by Gasteiger charge is -2.31. The molecule has 5 heteroatoms. The number of hydrogen-bond acceptors (Lipinski definition) is 3. The highest BCUT2D eigenvalue weighted by Gasteiger charge is 2.21. The molecule has 0 saturated heterocycles. The molecule has 2 N–H and O–H groups in total. The van der Waals surface area contributed by atoms with Gasteiger partial charge in [-0.25, -0.2) is 0 Å². The minimum Gasteiger partial charge on any atom is -0.376 e. The number of carbonyl (C=O) groups excluding carboxylic acids is 2. The van der Waals surface area contributed by atoms with Gasteiger partial charge in [-0.05, 0) is 31.0 Å². The summed E-state index contributed by atoms with van der Waals surface area (Å²) in [5, 5.41) is 5.71. The Morgan fingerprint density at radius 3 is 2.64 bits per heavy atom. The molecular formula is C17H25N3O2. The average Bonchev–Trinajstić information content (AvgIpc) is 2.59. The minimum atomic E-state index is -0.130. The molecule has 0 aromatic heterocycles. The standard InChI is InChI=1S/C17H25N3O2/c1-18-17(22)13-7-6-8-14(11-13)19-12-16(21)20(2)15-9-4-3-5-10-15/h6-8,11,15,19H,3-5,9-10,12H2,1-2H3,(H,18,22). The van der Waals surface area contributed by atoms with Gasteiger partial charge in [0.25, 0.3) is 5.91 Å². The van der Waals surface area contributed by atoms with Crippen molar-refractivity contribution >= 4 is 17.5 Å². The highest BCUT2D eigenvalue weighted by molar-refractivity contribution is 5.95. The first-order valence-corrected chi connectivity index (χ1v) is 7.93. The Morgan fingerprint density at radius 1 is 1.23 bits per heavy atom. The number of anilines is 1. The van der Waals surface area contributed by atoms with E-state index in [4.69, 9.17) is 0 Å². The molecule has 0 radical (unpaired) electrons. The van der Waals surface area contributed by atoms with Gasteiger partial charge >= 0.3 is 0 Å². The Morgan fingerprint density at radius 2 is 1.95 bits per heavy atom. The topological polar surface area (TPSA) is 61.4 Å². The van der Waals surface area contributed by atoms with Crippen LogP contribution in [0, 0.1) is 0 Å². The van der Waals surface area contributed by atoms with Gasteiger partial charge in [0.05, 0.1) is 6.54 Å². The van der Waals surface area contributed by atoms with E-state index in [1.165, 1.54) is 19.3 Å². The summed E-state index contributed by atoms with van der Waals surface area (Å²) in [6.45, 7) is 0.254. The maximum atomic E-state index is 12.3. The van der Waals surface area contributed by atoms with Gasteiger partial charge < -0.3 is 15.5 Å². The number of nitrogens with zero attached hydrogens (tertiary/aromatic N) is 1. The van der Waals surface area contributed by atoms with Gasteiger partial charge in [0.2, 0.25) is 5.91 Å². The molecule has 0 aliphatic heterocycles. The average molecular weight is 303 g/mol. The Balaban J connectivity index is 1.89. The third kappa shape index (κ3) is 4.23. The van der Waals surface area contributed by atoms with E-state index in [1.807, 2.05) is 24.1 Å². The van der Waals surface area contributed by atoms with E-state index < -0.39 is 0 Å². The maximum absolute atomic E-state index is 12.3. The highest BCUT2D eigenvalue weighted by atomic mass is 16.2. The Bertz CT molecular complexity index is 524. The van der Waals surface area contributed by atoms with Gasteiger partial charge in [-0.3, -0.25) is 9.59 Å². The van der Waals surface area contributed by atoms with E-state index in [0.717, 1.165) is 18.5 Å². The second kappa shape index (κ2) is 7.82. The summed E-state index contributed by atoms with van der Waals surface area (Å²) in [5.41, 5.74) is 1.37. The molecule has 2 amide bonds. The Hall–Kier alpha value is -2.04. The van der Waals surface area contributed by atoms with Gasteiger partial charge in [-0.15, -0.1) is 0 Å². The van der Waals surface area contributed by atoms with Crippen molar-refractivity contribution in [3.63, 3.8) is 0 Å². The van der Waals surface area contributed by atoms with Crippen molar-refractivity contribution < 1.29 is 9.59 Å². The molecule has 0 unspecified atom stereocenters. The molecule has 2 rings (SSSR count). The molecule has 1 aromatic carbocycles.